The normalized spacial score (nSPS) is 10.2. The molecule has 0 saturated heterocycles. The SMILES string of the molecule is C=C.C=C.CCCCCCCC/C=C\CCCCCCCC(=O)OC(CO)CO. The van der Waals surface area contributed by atoms with Crippen molar-refractivity contribution in [3.63, 3.8) is 0 Å². The van der Waals surface area contributed by atoms with Gasteiger partial charge in [-0.2, -0.15) is 0 Å². The number of esters is 1. The highest BCUT2D eigenvalue weighted by Crippen LogP contribution is 2.10. The van der Waals surface area contributed by atoms with Crippen LogP contribution >= 0.6 is 0 Å². The number of aliphatic hydroxyl groups excluding tert-OH is 2. The molecule has 0 fully saturated rings. The molecule has 0 spiro atoms. The first-order valence-electron chi connectivity index (χ1n) is 11.3. The number of allylic oxidation sites excluding steroid dienone is 2. The van der Waals surface area contributed by atoms with Gasteiger partial charge < -0.3 is 14.9 Å². The Labute approximate surface area is 180 Å². The highest BCUT2D eigenvalue weighted by atomic mass is 16.6. The second-order valence-electron chi connectivity index (χ2n) is 6.81. The molecule has 4 heteroatoms. The Morgan fingerprint density at radius 2 is 1.17 bits per heavy atom. The van der Waals surface area contributed by atoms with Gasteiger partial charge in [0.1, 0.15) is 6.10 Å². The number of hydrogen-bond donors (Lipinski definition) is 2. The summed E-state index contributed by atoms with van der Waals surface area (Å²) in [5, 5.41) is 17.7. The lowest BCUT2D eigenvalue weighted by atomic mass is 10.1. The first-order valence-corrected chi connectivity index (χ1v) is 11.3. The van der Waals surface area contributed by atoms with Crippen molar-refractivity contribution in [2.45, 2.75) is 103 Å². The van der Waals surface area contributed by atoms with E-state index < -0.39 is 6.10 Å². The van der Waals surface area contributed by atoms with Gasteiger partial charge in [0.2, 0.25) is 0 Å². The van der Waals surface area contributed by atoms with Crippen molar-refractivity contribution < 1.29 is 19.7 Å². The molecule has 0 aromatic carbocycles. The van der Waals surface area contributed by atoms with Crippen LogP contribution in [-0.4, -0.2) is 35.5 Å². The van der Waals surface area contributed by atoms with E-state index >= 15 is 0 Å². The van der Waals surface area contributed by atoms with Crippen molar-refractivity contribution in [2.24, 2.45) is 0 Å². The monoisotopic (exact) mass is 412 g/mol. The summed E-state index contributed by atoms with van der Waals surface area (Å²) in [7, 11) is 0. The number of carbonyl (C=O) groups is 1. The number of unbranched alkanes of at least 4 members (excludes halogenated alkanes) is 11. The van der Waals surface area contributed by atoms with Gasteiger partial charge in [-0.15, -0.1) is 26.3 Å². The van der Waals surface area contributed by atoms with Crippen LogP contribution in [0.5, 0.6) is 0 Å². The second-order valence-corrected chi connectivity index (χ2v) is 6.81. The molecule has 172 valence electrons. The molecule has 0 aliphatic carbocycles. The molecule has 0 bridgehead atoms. The number of aliphatic hydroxyl groups is 2. The van der Waals surface area contributed by atoms with Gasteiger partial charge in [0.25, 0.3) is 0 Å². The van der Waals surface area contributed by atoms with Crippen LogP contribution in [0.1, 0.15) is 96.8 Å². The van der Waals surface area contributed by atoms with E-state index in [1.165, 1.54) is 57.8 Å². The standard InChI is InChI=1S/C21H40O4.2C2H4/c1-2-3-4-5-6-7-8-9-10-11-12-13-14-15-16-17-21(24)25-20(18-22)19-23;2*1-2/h9-10,20,22-23H,2-8,11-19H2,1H3;2*1-2H2/b10-9-;;. The molecule has 0 heterocycles. The minimum Gasteiger partial charge on any atom is -0.457 e. The van der Waals surface area contributed by atoms with E-state index in [2.05, 4.69) is 45.4 Å². The van der Waals surface area contributed by atoms with Gasteiger partial charge in [0, 0.05) is 6.42 Å². The lowest BCUT2D eigenvalue weighted by Crippen LogP contribution is -2.25. The van der Waals surface area contributed by atoms with Crippen LogP contribution in [0.4, 0.5) is 0 Å². The number of rotatable bonds is 18. The summed E-state index contributed by atoms with van der Waals surface area (Å²) in [5.74, 6) is -0.328. The molecule has 0 saturated carbocycles. The fourth-order valence-electron chi connectivity index (χ4n) is 2.72. The van der Waals surface area contributed by atoms with Gasteiger partial charge in [-0.05, 0) is 32.1 Å². The van der Waals surface area contributed by atoms with Crippen molar-refractivity contribution in [1.29, 1.82) is 0 Å². The predicted octanol–water partition coefficient (Wildman–Crippen LogP) is 6.52. The smallest absolute Gasteiger partial charge is 0.306 e. The Kier molecular flexibility index (Phi) is 34.9. The molecule has 0 atom stereocenters. The van der Waals surface area contributed by atoms with Gasteiger partial charge >= 0.3 is 5.97 Å². The quantitative estimate of drug-likeness (QED) is 0.153. The minimum absolute atomic E-state index is 0.325. The average Bonchev–Trinajstić information content (AvgIpc) is 2.77. The van der Waals surface area contributed by atoms with E-state index in [9.17, 15) is 4.79 Å². The molecule has 4 nitrogen and oxygen atoms in total. The van der Waals surface area contributed by atoms with Crippen molar-refractivity contribution in [3.05, 3.63) is 38.5 Å². The van der Waals surface area contributed by atoms with Crippen LogP contribution in [0.2, 0.25) is 0 Å². The summed E-state index contributed by atoms with van der Waals surface area (Å²) in [6.45, 7) is 13.6. The van der Waals surface area contributed by atoms with Crippen LogP contribution in [0.15, 0.2) is 38.5 Å². The minimum atomic E-state index is -0.768. The number of hydrogen-bond acceptors (Lipinski definition) is 4. The fraction of sp³-hybridized carbons (Fsp3) is 0.720. The molecule has 0 unspecified atom stereocenters. The van der Waals surface area contributed by atoms with Gasteiger partial charge in [0.05, 0.1) is 13.2 Å². The summed E-state index contributed by atoms with van der Waals surface area (Å²) >= 11 is 0. The second kappa shape index (κ2) is 31.3. The van der Waals surface area contributed by atoms with Gasteiger partial charge in [-0.1, -0.05) is 70.4 Å². The Hall–Kier alpha value is -1.39. The zero-order chi connectivity index (χ0) is 22.6. The topological polar surface area (TPSA) is 66.8 Å². The lowest BCUT2D eigenvalue weighted by molar-refractivity contribution is -0.153. The van der Waals surface area contributed by atoms with Crippen molar-refractivity contribution in [3.8, 4) is 0 Å². The maximum atomic E-state index is 11.5. The highest BCUT2D eigenvalue weighted by molar-refractivity contribution is 5.69. The van der Waals surface area contributed by atoms with E-state index in [-0.39, 0.29) is 19.2 Å². The summed E-state index contributed by atoms with van der Waals surface area (Å²) < 4.78 is 4.92. The Balaban J connectivity index is -0.00000158. The molecular formula is C25H48O4. The van der Waals surface area contributed by atoms with Crippen LogP contribution in [-0.2, 0) is 9.53 Å². The summed E-state index contributed by atoms with van der Waals surface area (Å²) in [4.78, 5) is 11.5. The molecule has 29 heavy (non-hydrogen) atoms. The molecular weight excluding hydrogens is 364 g/mol. The molecule has 0 aromatic heterocycles. The fourth-order valence-corrected chi connectivity index (χ4v) is 2.72. The lowest BCUT2D eigenvalue weighted by Gasteiger charge is -2.12. The van der Waals surface area contributed by atoms with Crippen LogP contribution in [0, 0.1) is 0 Å². The summed E-state index contributed by atoms with van der Waals surface area (Å²) in [6, 6.07) is 0. The van der Waals surface area contributed by atoms with E-state index in [1.54, 1.807) is 0 Å². The van der Waals surface area contributed by atoms with E-state index in [1.807, 2.05) is 0 Å². The largest absolute Gasteiger partial charge is 0.457 e. The van der Waals surface area contributed by atoms with Crippen molar-refractivity contribution in [1.82, 2.24) is 0 Å². The summed E-state index contributed by atoms with van der Waals surface area (Å²) in [5.41, 5.74) is 0. The third kappa shape index (κ3) is 28.9. The first kappa shape index (κ1) is 32.3. The van der Waals surface area contributed by atoms with E-state index in [0.717, 1.165) is 25.7 Å². The molecule has 0 aromatic rings. The third-order valence-corrected chi connectivity index (χ3v) is 4.35. The van der Waals surface area contributed by atoms with Crippen LogP contribution in [0.3, 0.4) is 0 Å². The van der Waals surface area contributed by atoms with E-state index in [4.69, 9.17) is 14.9 Å². The molecule has 2 N–H and O–H groups in total. The maximum absolute atomic E-state index is 11.5. The number of ether oxygens (including phenoxy) is 1. The Morgan fingerprint density at radius 3 is 1.62 bits per heavy atom. The highest BCUT2D eigenvalue weighted by Gasteiger charge is 2.11. The van der Waals surface area contributed by atoms with Gasteiger partial charge in [-0.3, -0.25) is 4.79 Å². The first-order chi connectivity index (χ1) is 14.2. The predicted molar refractivity (Wildman–Crippen MR) is 126 cm³/mol. The zero-order valence-electron chi connectivity index (χ0n) is 19.1. The molecule has 0 amide bonds. The van der Waals surface area contributed by atoms with E-state index in [0.29, 0.717) is 6.42 Å². The maximum Gasteiger partial charge on any atom is 0.306 e. The van der Waals surface area contributed by atoms with Crippen molar-refractivity contribution >= 4 is 5.97 Å². The number of carbonyl (C=O) groups excluding carboxylic acids is 1. The average molecular weight is 413 g/mol. The Morgan fingerprint density at radius 1 is 0.759 bits per heavy atom. The Bertz CT molecular complexity index is 336. The van der Waals surface area contributed by atoms with Gasteiger partial charge in [-0.25, -0.2) is 0 Å². The zero-order valence-corrected chi connectivity index (χ0v) is 19.1. The molecule has 0 rings (SSSR count). The van der Waals surface area contributed by atoms with Gasteiger partial charge in [0.15, 0.2) is 0 Å². The third-order valence-electron chi connectivity index (χ3n) is 4.35. The van der Waals surface area contributed by atoms with Crippen LogP contribution < -0.4 is 0 Å². The molecule has 0 radical (unpaired) electrons. The van der Waals surface area contributed by atoms with Crippen LogP contribution in [0.25, 0.3) is 0 Å². The molecule has 0 aliphatic heterocycles. The summed E-state index contributed by atoms with van der Waals surface area (Å²) in [6.07, 6.45) is 20.2. The van der Waals surface area contributed by atoms with Crippen molar-refractivity contribution in [2.75, 3.05) is 13.2 Å². The molecule has 0 aliphatic rings.